The summed E-state index contributed by atoms with van der Waals surface area (Å²) < 4.78 is 0. The lowest BCUT2D eigenvalue weighted by Gasteiger charge is -2.00. The maximum atomic E-state index is 11.5. The van der Waals surface area contributed by atoms with Gasteiger partial charge in [-0.15, -0.1) is 17.9 Å². The van der Waals surface area contributed by atoms with Crippen molar-refractivity contribution in [2.45, 2.75) is 6.42 Å². The quantitative estimate of drug-likeness (QED) is 0.792. The Hall–Kier alpha value is -2.21. The Balaban J connectivity index is 1.92. The van der Waals surface area contributed by atoms with Gasteiger partial charge >= 0.3 is 0 Å². The number of amides is 1. The standard InChI is InChI=1S/C13H14N4OS/c1-2-6-15-12(18)8-10-9-19-13(16-10)17-11-5-3-4-7-14-11/h2-5,7,9H,1,6,8H2,(H,15,18)(H,14,16,17). The molecule has 0 fully saturated rings. The van der Waals surface area contributed by atoms with Gasteiger partial charge in [-0.05, 0) is 12.1 Å². The lowest BCUT2D eigenvalue weighted by atomic mass is 10.3. The van der Waals surface area contributed by atoms with Gasteiger partial charge in [0.2, 0.25) is 5.91 Å². The van der Waals surface area contributed by atoms with Crippen LogP contribution in [0.4, 0.5) is 10.9 Å². The molecule has 6 heteroatoms. The predicted molar refractivity (Wildman–Crippen MR) is 76.5 cm³/mol. The monoisotopic (exact) mass is 274 g/mol. The van der Waals surface area contributed by atoms with Crippen LogP contribution in [0.25, 0.3) is 0 Å². The summed E-state index contributed by atoms with van der Waals surface area (Å²) in [6.07, 6.45) is 3.63. The third kappa shape index (κ3) is 4.18. The average Bonchev–Trinajstić information content (AvgIpc) is 2.85. The van der Waals surface area contributed by atoms with E-state index in [1.54, 1.807) is 12.3 Å². The molecule has 1 amide bonds. The molecule has 0 aliphatic carbocycles. The topological polar surface area (TPSA) is 66.9 Å². The van der Waals surface area contributed by atoms with Crippen LogP contribution in [0.15, 0.2) is 42.4 Å². The molecule has 2 aromatic heterocycles. The van der Waals surface area contributed by atoms with Crippen molar-refractivity contribution in [3.05, 3.63) is 48.1 Å². The summed E-state index contributed by atoms with van der Waals surface area (Å²) in [7, 11) is 0. The molecule has 0 aromatic carbocycles. The Kier molecular flexibility index (Phi) is 4.63. The molecule has 2 N–H and O–H groups in total. The van der Waals surface area contributed by atoms with Crippen molar-refractivity contribution in [3.63, 3.8) is 0 Å². The zero-order chi connectivity index (χ0) is 13.5. The minimum atomic E-state index is -0.0606. The van der Waals surface area contributed by atoms with E-state index in [4.69, 9.17) is 0 Å². The van der Waals surface area contributed by atoms with Crippen LogP contribution in [0.2, 0.25) is 0 Å². The second-order valence-corrected chi connectivity index (χ2v) is 4.61. The zero-order valence-corrected chi connectivity index (χ0v) is 11.1. The minimum Gasteiger partial charge on any atom is -0.352 e. The summed E-state index contributed by atoms with van der Waals surface area (Å²) in [6.45, 7) is 4.02. The molecule has 0 spiro atoms. The molecule has 0 saturated heterocycles. The summed E-state index contributed by atoms with van der Waals surface area (Å²) in [4.78, 5) is 20.0. The van der Waals surface area contributed by atoms with Crippen molar-refractivity contribution >= 4 is 28.2 Å². The fraction of sp³-hybridized carbons (Fsp3) is 0.154. The number of nitrogens with one attached hydrogen (secondary N) is 2. The fourth-order valence-electron chi connectivity index (χ4n) is 1.40. The molecule has 19 heavy (non-hydrogen) atoms. The predicted octanol–water partition coefficient (Wildman–Crippen LogP) is 2.13. The van der Waals surface area contributed by atoms with Crippen molar-refractivity contribution in [1.82, 2.24) is 15.3 Å². The number of hydrogen-bond donors (Lipinski definition) is 2. The van der Waals surface area contributed by atoms with Crippen molar-refractivity contribution in [2.24, 2.45) is 0 Å². The van der Waals surface area contributed by atoms with Crippen LogP contribution in [-0.2, 0) is 11.2 Å². The lowest BCUT2D eigenvalue weighted by molar-refractivity contribution is -0.120. The largest absolute Gasteiger partial charge is 0.352 e. The van der Waals surface area contributed by atoms with Crippen LogP contribution < -0.4 is 10.6 Å². The van der Waals surface area contributed by atoms with Gasteiger partial charge in [0.15, 0.2) is 5.13 Å². The van der Waals surface area contributed by atoms with Gasteiger partial charge in [0.1, 0.15) is 5.82 Å². The van der Waals surface area contributed by atoms with E-state index < -0.39 is 0 Å². The number of pyridine rings is 1. The maximum absolute atomic E-state index is 11.5. The number of anilines is 2. The molecule has 5 nitrogen and oxygen atoms in total. The van der Waals surface area contributed by atoms with Gasteiger partial charge in [0.25, 0.3) is 0 Å². The van der Waals surface area contributed by atoms with Gasteiger partial charge in [-0.1, -0.05) is 12.1 Å². The Morgan fingerprint density at radius 2 is 2.37 bits per heavy atom. The summed E-state index contributed by atoms with van der Waals surface area (Å²) in [5, 5.41) is 8.39. The van der Waals surface area contributed by atoms with E-state index in [1.807, 2.05) is 23.6 Å². The van der Waals surface area contributed by atoms with Crippen molar-refractivity contribution in [2.75, 3.05) is 11.9 Å². The van der Waals surface area contributed by atoms with E-state index in [9.17, 15) is 4.79 Å². The Morgan fingerprint density at radius 3 is 3.11 bits per heavy atom. The number of hydrogen-bond acceptors (Lipinski definition) is 5. The Morgan fingerprint density at radius 1 is 1.47 bits per heavy atom. The molecule has 0 radical (unpaired) electrons. The first kappa shape index (κ1) is 13.2. The Bertz CT molecular complexity index is 553. The SMILES string of the molecule is C=CCNC(=O)Cc1csc(Nc2ccccn2)n1. The molecular formula is C13H14N4OS. The third-order valence-electron chi connectivity index (χ3n) is 2.24. The van der Waals surface area contributed by atoms with Gasteiger partial charge in [-0.3, -0.25) is 4.79 Å². The van der Waals surface area contributed by atoms with Crippen molar-refractivity contribution in [3.8, 4) is 0 Å². The summed E-state index contributed by atoms with van der Waals surface area (Å²) in [5.41, 5.74) is 0.741. The number of nitrogens with zero attached hydrogens (tertiary/aromatic N) is 2. The van der Waals surface area contributed by atoms with Gasteiger partial charge in [-0.25, -0.2) is 9.97 Å². The number of rotatable bonds is 6. The first-order chi connectivity index (χ1) is 9.28. The van der Waals surface area contributed by atoms with Crippen molar-refractivity contribution < 1.29 is 4.79 Å². The molecule has 0 saturated carbocycles. The van der Waals surface area contributed by atoms with Crippen molar-refractivity contribution in [1.29, 1.82) is 0 Å². The van der Waals surface area contributed by atoms with Crippen LogP contribution >= 0.6 is 11.3 Å². The molecule has 98 valence electrons. The van der Waals surface area contributed by atoms with E-state index in [-0.39, 0.29) is 12.3 Å². The van der Waals surface area contributed by atoms with Crippen LogP contribution in [0.3, 0.4) is 0 Å². The minimum absolute atomic E-state index is 0.0606. The van der Waals surface area contributed by atoms with Crippen LogP contribution in [0, 0.1) is 0 Å². The van der Waals surface area contributed by atoms with Gasteiger partial charge in [0.05, 0.1) is 12.1 Å². The molecule has 0 aliphatic heterocycles. The normalized spacial score (nSPS) is 9.89. The lowest BCUT2D eigenvalue weighted by Crippen LogP contribution is -2.25. The van der Waals surface area contributed by atoms with Gasteiger partial charge in [-0.2, -0.15) is 0 Å². The molecule has 0 atom stereocenters. The molecule has 0 bridgehead atoms. The molecule has 2 heterocycles. The summed E-state index contributed by atoms with van der Waals surface area (Å²) >= 11 is 1.45. The van der Waals surface area contributed by atoms with E-state index in [1.165, 1.54) is 11.3 Å². The molecule has 2 aromatic rings. The molecule has 0 unspecified atom stereocenters. The number of carbonyl (C=O) groups excluding carboxylic acids is 1. The van der Waals surface area contributed by atoms with Crippen LogP contribution in [-0.4, -0.2) is 22.4 Å². The van der Waals surface area contributed by atoms with E-state index in [0.717, 1.165) is 16.6 Å². The third-order valence-corrected chi connectivity index (χ3v) is 3.04. The molecule has 2 rings (SSSR count). The highest BCUT2D eigenvalue weighted by atomic mass is 32.1. The zero-order valence-electron chi connectivity index (χ0n) is 10.3. The number of thiazole rings is 1. The smallest absolute Gasteiger partial charge is 0.226 e. The Labute approximate surface area is 115 Å². The molecule has 0 aliphatic rings. The molecular weight excluding hydrogens is 260 g/mol. The first-order valence-corrected chi connectivity index (χ1v) is 6.66. The first-order valence-electron chi connectivity index (χ1n) is 5.78. The van der Waals surface area contributed by atoms with E-state index in [0.29, 0.717) is 6.54 Å². The summed E-state index contributed by atoms with van der Waals surface area (Å²) in [5.74, 6) is 0.675. The fourth-order valence-corrected chi connectivity index (χ4v) is 2.12. The summed E-state index contributed by atoms with van der Waals surface area (Å²) in [6, 6.07) is 5.60. The van der Waals surface area contributed by atoms with Crippen LogP contribution in [0.5, 0.6) is 0 Å². The maximum Gasteiger partial charge on any atom is 0.226 e. The second kappa shape index (κ2) is 6.65. The van der Waals surface area contributed by atoms with Gasteiger partial charge in [0, 0.05) is 18.1 Å². The average molecular weight is 274 g/mol. The number of aromatic nitrogens is 2. The number of carbonyl (C=O) groups is 1. The van der Waals surface area contributed by atoms with Crippen LogP contribution in [0.1, 0.15) is 5.69 Å². The van der Waals surface area contributed by atoms with Gasteiger partial charge < -0.3 is 10.6 Å². The second-order valence-electron chi connectivity index (χ2n) is 3.75. The highest BCUT2D eigenvalue weighted by Crippen LogP contribution is 2.19. The highest BCUT2D eigenvalue weighted by molar-refractivity contribution is 7.13. The highest BCUT2D eigenvalue weighted by Gasteiger charge is 2.07. The van der Waals surface area contributed by atoms with E-state index in [2.05, 4.69) is 27.2 Å². The van der Waals surface area contributed by atoms with E-state index >= 15 is 0 Å².